The van der Waals surface area contributed by atoms with Crippen molar-refractivity contribution in [3.63, 3.8) is 0 Å². The molecule has 98 valence electrons. The lowest BCUT2D eigenvalue weighted by Crippen LogP contribution is -2.04. The summed E-state index contributed by atoms with van der Waals surface area (Å²) in [5.74, 6) is 0.846. The quantitative estimate of drug-likeness (QED) is 0.671. The normalized spacial score (nSPS) is 11.4. The van der Waals surface area contributed by atoms with Crippen LogP contribution in [0.1, 0.15) is 22.6 Å². The van der Waals surface area contributed by atoms with E-state index in [9.17, 15) is 0 Å². The van der Waals surface area contributed by atoms with Gasteiger partial charge in [-0.15, -0.1) is 0 Å². The molecule has 0 aliphatic rings. The van der Waals surface area contributed by atoms with Gasteiger partial charge < -0.3 is 0 Å². The summed E-state index contributed by atoms with van der Waals surface area (Å²) in [5, 5.41) is 10.1. The van der Waals surface area contributed by atoms with Crippen molar-refractivity contribution >= 4 is 11.0 Å². The van der Waals surface area contributed by atoms with Crippen LogP contribution < -0.4 is 0 Å². The third-order valence-corrected chi connectivity index (χ3v) is 3.38. The zero-order valence-electron chi connectivity index (χ0n) is 11.9. The number of nitrogens with zero attached hydrogens (tertiary/aromatic N) is 5. The van der Waals surface area contributed by atoms with E-state index in [0.717, 1.165) is 33.9 Å². The number of pyridine rings is 1. The first-order valence-electron chi connectivity index (χ1n) is 6.32. The number of aromatic nitrogens is 5. The number of aryl methyl sites for hydroxylation is 5. The van der Waals surface area contributed by atoms with E-state index in [0.29, 0.717) is 0 Å². The van der Waals surface area contributed by atoms with Gasteiger partial charge in [-0.1, -0.05) is 0 Å². The van der Waals surface area contributed by atoms with Gasteiger partial charge in [-0.2, -0.15) is 10.2 Å². The Labute approximate surface area is 111 Å². The summed E-state index contributed by atoms with van der Waals surface area (Å²) in [4.78, 5) is 4.70. The van der Waals surface area contributed by atoms with Crippen molar-refractivity contribution in [1.82, 2.24) is 24.5 Å². The van der Waals surface area contributed by atoms with Crippen molar-refractivity contribution in [2.24, 2.45) is 7.05 Å². The van der Waals surface area contributed by atoms with Gasteiger partial charge in [-0.25, -0.2) is 9.67 Å². The van der Waals surface area contributed by atoms with Crippen LogP contribution in [0.15, 0.2) is 12.1 Å². The summed E-state index contributed by atoms with van der Waals surface area (Å²) in [5.41, 5.74) is 5.18. The Morgan fingerprint density at radius 3 is 2.37 bits per heavy atom. The predicted octanol–water partition coefficient (Wildman–Crippen LogP) is 2.39. The Kier molecular flexibility index (Phi) is 2.45. The molecule has 3 rings (SSSR count). The first kappa shape index (κ1) is 11.9. The molecule has 0 aliphatic heterocycles. The minimum atomic E-state index is 0.846. The van der Waals surface area contributed by atoms with Crippen LogP contribution in [-0.4, -0.2) is 24.5 Å². The lowest BCUT2D eigenvalue weighted by atomic mass is 10.1. The van der Waals surface area contributed by atoms with Crippen LogP contribution in [0.25, 0.3) is 16.9 Å². The molecule has 3 heterocycles. The molecule has 5 nitrogen and oxygen atoms in total. The lowest BCUT2D eigenvalue weighted by molar-refractivity contribution is 0.762. The van der Waals surface area contributed by atoms with Gasteiger partial charge >= 0.3 is 0 Å². The maximum atomic E-state index is 4.70. The maximum absolute atomic E-state index is 4.70. The first-order valence-corrected chi connectivity index (χ1v) is 6.32. The average molecular weight is 255 g/mol. The summed E-state index contributed by atoms with van der Waals surface area (Å²) in [7, 11) is 1.92. The molecule has 5 heteroatoms. The van der Waals surface area contributed by atoms with Gasteiger partial charge in [-0.3, -0.25) is 4.68 Å². The third-order valence-electron chi connectivity index (χ3n) is 3.38. The fourth-order valence-corrected chi connectivity index (χ4v) is 2.61. The number of fused-ring (bicyclic) bond motifs is 1. The zero-order chi connectivity index (χ0) is 13.7. The highest BCUT2D eigenvalue weighted by molar-refractivity contribution is 5.82. The monoisotopic (exact) mass is 255 g/mol. The van der Waals surface area contributed by atoms with Crippen molar-refractivity contribution in [3.05, 3.63) is 34.8 Å². The maximum Gasteiger partial charge on any atom is 0.160 e. The second-order valence-electron chi connectivity index (χ2n) is 5.04. The van der Waals surface area contributed by atoms with Crippen LogP contribution >= 0.6 is 0 Å². The van der Waals surface area contributed by atoms with Crippen LogP contribution in [-0.2, 0) is 7.05 Å². The second kappa shape index (κ2) is 3.91. The minimum absolute atomic E-state index is 0.846. The number of rotatable bonds is 1. The standard InChI is InChI=1S/C14H17N5/c1-8-6-12(19-10(3)7-9(2)16-19)15-14-13(8)11(4)17-18(14)5/h6-7H,1-5H3. The van der Waals surface area contributed by atoms with Crippen molar-refractivity contribution in [2.45, 2.75) is 27.7 Å². The summed E-state index contributed by atoms with van der Waals surface area (Å²) in [6.45, 7) is 8.13. The van der Waals surface area contributed by atoms with E-state index in [2.05, 4.69) is 29.3 Å². The molecular weight excluding hydrogens is 238 g/mol. The van der Waals surface area contributed by atoms with Gasteiger partial charge in [0, 0.05) is 18.1 Å². The number of hydrogen-bond acceptors (Lipinski definition) is 3. The summed E-state index contributed by atoms with van der Waals surface area (Å²) >= 11 is 0. The smallest absolute Gasteiger partial charge is 0.160 e. The Morgan fingerprint density at radius 2 is 1.74 bits per heavy atom. The molecule has 19 heavy (non-hydrogen) atoms. The van der Waals surface area contributed by atoms with Crippen LogP contribution in [0.2, 0.25) is 0 Å². The first-order chi connectivity index (χ1) is 8.97. The fourth-order valence-electron chi connectivity index (χ4n) is 2.61. The van der Waals surface area contributed by atoms with E-state index in [1.54, 1.807) is 0 Å². The molecule has 0 aliphatic carbocycles. The minimum Gasteiger partial charge on any atom is -0.250 e. The van der Waals surface area contributed by atoms with Crippen molar-refractivity contribution < 1.29 is 0 Å². The summed E-state index contributed by atoms with van der Waals surface area (Å²) in [6.07, 6.45) is 0. The highest BCUT2D eigenvalue weighted by Crippen LogP contribution is 2.22. The predicted molar refractivity (Wildman–Crippen MR) is 74.6 cm³/mol. The second-order valence-corrected chi connectivity index (χ2v) is 5.04. The van der Waals surface area contributed by atoms with Crippen LogP contribution in [0.3, 0.4) is 0 Å². The molecule has 0 N–H and O–H groups in total. The fraction of sp³-hybridized carbons (Fsp3) is 0.357. The largest absolute Gasteiger partial charge is 0.250 e. The molecule has 0 radical (unpaired) electrons. The summed E-state index contributed by atoms with van der Waals surface area (Å²) < 4.78 is 3.71. The lowest BCUT2D eigenvalue weighted by Gasteiger charge is -2.06. The molecule has 3 aromatic rings. The van der Waals surface area contributed by atoms with Gasteiger partial charge in [0.15, 0.2) is 11.5 Å². The molecule has 0 unspecified atom stereocenters. The topological polar surface area (TPSA) is 48.5 Å². The Hall–Kier alpha value is -2.17. The van der Waals surface area contributed by atoms with Gasteiger partial charge in [0.1, 0.15) is 0 Å². The highest BCUT2D eigenvalue weighted by atomic mass is 15.3. The van der Waals surface area contributed by atoms with Gasteiger partial charge in [-0.05, 0) is 45.4 Å². The number of hydrogen-bond donors (Lipinski definition) is 0. The molecule has 0 saturated carbocycles. The van der Waals surface area contributed by atoms with Crippen LogP contribution in [0.5, 0.6) is 0 Å². The molecule has 0 aromatic carbocycles. The Balaban J connectivity index is 2.32. The molecular formula is C14H17N5. The van der Waals surface area contributed by atoms with Crippen molar-refractivity contribution in [2.75, 3.05) is 0 Å². The van der Waals surface area contributed by atoms with E-state index in [1.165, 1.54) is 5.56 Å². The van der Waals surface area contributed by atoms with E-state index < -0.39 is 0 Å². The van der Waals surface area contributed by atoms with E-state index in [1.807, 2.05) is 37.2 Å². The Bertz CT molecular complexity index is 779. The van der Waals surface area contributed by atoms with Crippen molar-refractivity contribution in [3.8, 4) is 5.82 Å². The van der Waals surface area contributed by atoms with Crippen LogP contribution in [0, 0.1) is 27.7 Å². The van der Waals surface area contributed by atoms with Gasteiger partial charge in [0.05, 0.1) is 11.4 Å². The Morgan fingerprint density at radius 1 is 1.00 bits per heavy atom. The average Bonchev–Trinajstić information content (AvgIpc) is 2.80. The van der Waals surface area contributed by atoms with E-state index in [-0.39, 0.29) is 0 Å². The zero-order valence-corrected chi connectivity index (χ0v) is 11.9. The molecule has 3 aromatic heterocycles. The van der Waals surface area contributed by atoms with Crippen molar-refractivity contribution in [1.29, 1.82) is 0 Å². The summed E-state index contributed by atoms with van der Waals surface area (Å²) in [6, 6.07) is 4.12. The van der Waals surface area contributed by atoms with Crippen LogP contribution in [0.4, 0.5) is 0 Å². The SMILES string of the molecule is Cc1cc(C)n(-c2cc(C)c3c(C)nn(C)c3n2)n1. The third kappa shape index (κ3) is 1.73. The van der Waals surface area contributed by atoms with Gasteiger partial charge in [0.2, 0.25) is 0 Å². The molecule has 0 saturated heterocycles. The highest BCUT2D eigenvalue weighted by Gasteiger charge is 2.13. The molecule has 0 bridgehead atoms. The van der Waals surface area contributed by atoms with E-state index >= 15 is 0 Å². The van der Waals surface area contributed by atoms with Gasteiger partial charge in [0.25, 0.3) is 0 Å². The molecule has 0 atom stereocenters. The molecule has 0 fully saturated rings. The van der Waals surface area contributed by atoms with E-state index in [4.69, 9.17) is 4.98 Å². The molecule has 0 spiro atoms. The molecule has 0 amide bonds.